The zero-order valence-electron chi connectivity index (χ0n) is 12.3. The minimum atomic E-state index is -0.488. The lowest BCUT2D eigenvalue weighted by atomic mass is 10.2. The molecule has 2 amide bonds. The fourth-order valence-corrected chi connectivity index (χ4v) is 1.98. The largest absolute Gasteiger partial charge is 0.508 e. The molecule has 2 aromatic carbocycles. The minimum Gasteiger partial charge on any atom is -0.508 e. The van der Waals surface area contributed by atoms with Crippen LogP contribution < -0.4 is 10.7 Å². The molecule has 0 aliphatic rings. The van der Waals surface area contributed by atoms with Crippen LogP contribution in [0.5, 0.6) is 5.75 Å². The number of nitrogens with one attached hydrogen (secondary N) is 2. The molecule has 8 heteroatoms. The molecule has 0 heterocycles. The van der Waals surface area contributed by atoms with Crippen molar-refractivity contribution in [2.75, 3.05) is 6.54 Å². The summed E-state index contributed by atoms with van der Waals surface area (Å²) in [6, 6.07) is 10.7. The summed E-state index contributed by atoms with van der Waals surface area (Å²) in [6.45, 7) is -0.244. The molecule has 0 fully saturated rings. The van der Waals surface area contributed by atoms with Gasteiger partial charge in [-0.25, -0.2) is 5.43 Å². The van der Waals surface area contributed by atoms with Crippen molar-refractivity contribution in [1.82, 2.24) is 10.7 Å². The van der Waals surface area contributed by atoms with Crippen LogP contribution in [-0.2, 0) is 4.79 Å². The van der Waals surface area contributed by atoms with Crippen molar-refractivity contribution >= 4 is 41.2 Å². The van der Waals surface area contributed by atoms with E-state index in [0.29, 0.717) is 16.1 Å². The molecular formula is C16H13Cl2N3O3. The third kappa shape index (κ3) is 5.26. The second-order valence-electron chi connectivity index (χ2n) is 4.70. The molecule has 0 radical (unpaired) electrons. The van der Waals surface area contributed by atoms with Gasteiger partial charge in [-0.2, -0.15) is 5.10 Å². The monoisotopic (exact) mass is 365 g/mol. The van der Waals surface area contributed by atoms with Crippen molar-refractivity contribution < 1.29 is 14.7 Å². The van der Waals surface area contributed by atoms with Gasteiger partial charge in [-0.15, -0.1) is 0 Å². The first-order chi connectivity index (χ1) is 11.5. The van der Waals surface area contributed by atoms with Gasteiger partial charge in [-0.05, 0) is 48.0 Å². The van der Waals surface area contributed by atoms with E-state index in [1.165, 1.54) is 36.5 Å². The van der Waals surface area contributed by atoms with Crippen LogP contribution in [-0.4, -0.2) is 29.7 Å². The maximum atomic E-state index is 11.9. The van der Waals surface area contributed by atoms with Crippen molar-refractivity contribution in [1.29, 1.82) is 0 Å². The molecule has 2 aromatic rings. The summed E-state index contributed by atoms with van der Waals surface area (Å²) in [6.07, 6.45) is 1.41. The first-order valence-electron chi connectivity index (χ1n) is 6.80. The second kappa shape index (κ2) is 8.33. The summed E-state index contributed by atoms with van der Waals surface area (Å²) in [5.74, 6) is -0.800. The lowest BCUT2D eigenvalue weighted by Crippen LogP contribution is -2.34. The van der Waals surface area contributed by atoms with E-state index in [9.17, 15) is 9.59 Å². The molecule has 0 atom stereocenters. The molecule has 6 nitrogen and oxygen atoms in total. The van der Waals surface area contributed by atoms with E-state index in [1.54, 1.807) is 12.1 Å². The van der Waals surface area contributed by atoms with Gasteiger partial charge in [0.1, 0.15) is 5.75 Å². The van der Waals surface area contributed by atoms with Crippen LogP contribution in [0.2, 0.25) is 10.0 Å². The molecule has 0 spiro atoms. The van der Waals surface area contributed by atoms with E-state index >= 15 is 0 Å². The Kier molecular flexibility index (Phi) is 6.17. The van der Waals surface area contributed by atoms with Gasteiger partial charge in [0.15, 0.2) is 0 Å². The van der Waals surface area contributed by atoms with Crippen LogP contribution >= 0.6 is 23.2 Å². The molecule has 0 saturated carbocycles. The predicted octanol–water partition coefficient (Wildman–Crippen LogP) is 2.58. The van der Waals surface area contributed by atoms with E-state index in [-0.39, 0.29) is 17.3 Å². The van der Waals surface area contributed by atoms with Gasteiger partial charge in [-0.1, -0.05) is 23.2 Å². The maximum absolute atomic E-state index is 11.9. The number of hydrazone groups is 1. The van der Waals surface area contributed by atoms with Crippen molar-refractivity contribution in [3.63, 3.8) is 0 Å². The van der Waals surface area contributed by atoms with Crippen molar-refractivity contribution in [3.8, 4) is 5.75 Å². The molecule has 0 saturated heterocycles. The zero-order valence-corrected chi connectivity index (χ0v) is 13.8. The van der Waals surface area contributed by atoms with Crippen LogP contribution in [0.15, 0.2) is 47.6 Å². The number of carbonyl (C=O) groups excluding carboxylic acids is 2. The molecule has 0 aromatic heterocycles. The van der Waals surface area contributed by atoms with Gasteiger partial charge < -0.3 is 10.4 Å². The van der Waals surface area contributed by atoms with E-state index in [0.717, 1.165) is 0 Å². The molecule has 0 bridgehead atoms. The number of hydrogen-bond acceptors (Lipinski definition) is 4. The van der Waals surface area contributed by atoms with E-state index in [2.05, 4.69) is 15.8 Å². The highest BCUT2D eigenvalue weighted by atomic mass is 35.5. The van der Waals surface area contributed by atoms with Crippen LogP contribution in [0.4, 0.5) is 0 Å². The molecule has 24 heavy (non-hydrogen) atoms. The van der Waals surface area contributed by atoms with Crippen LogP contribution in [0, 0.1) is 0 Å². The predicted molar refractivity (Wildman–Crippen MR) is 92.6 cm³/mol. The normalized spacial score (nSPS) is 10.6. The fourth-order valence-electron chi connectivity index (χ4n) is 1.68. The standard InChI is InChI=1S/C16H13Cl2N3O3/c17-13-6-3-11(7-14(13)18)16(24)19-9-15(23)21-20-8-10-1-4-12(22)5-2-10/h1-8,22H,9H2,(H,19,24)(H,21,23)/b20-8-. The Balaban J connectivity index is 1.81. The Bertz CT molecular complexity index is 777. The lowest BCUT2D eigenvalue weighted by molar-refractivity contribution is -0.120. The lowest BCUT2D eigenvalue weighted by Gasteiger charge is -2.05. The third-order valence-electron chi connectivity index (χ3n) is 2.89. The number of phenols is 1. The van der Waals surface area contributed by atoms with Crippen LogP contribution in [0.3, 0.4) is 0 Å². The third-order valence-corrected chi connectivity index (χ3v) is 3.63. The summed E-state index contributed by atoms with van der Waals surface area (Å²) in [7, 11) is 0. The van der Waals surface area contributed by atoms with Crippen molar-refractivity contribution in [3.05, 3.63) is 63.6 Å². The van der Waals surface area contributed by atoms with E-state index < -0.39 is 11.8 Å². The fraction of sp³-hybridized carbons (Fsp3) is 0.0625. The SMILES string of the molecule is O=C(CNC(=O)c1ccc(Cl)c(Cl)c1)N/N=C\c1ccc(O)cc1. The van der Waals surface area contributed by atoms with Gasteiger partial charge in [-0.3, -0.25) is 9.59 Å². The smallest absolute Gasteiger partial charge is 0.259 e. The van der Waals surface area contributed by atoms with Gasteiger partial charge in [0.25, 0.3) is 11.8 Å². The van der Waals surface area contributed by atoms with Gasteiger partial charge in [0, 0.05) is 5.56 Å². The van der Waals surface area contributed by atoms with Gasteiger partial charge in [0.2, 0.25) is 0 Å². The Labute approximate surface area is 148 Å². The highest BCUT2D eigenvalue weighted by molar-refractivity contribution is 6.42. The molecule has 0 aliphatic carbocycles. The second-order valence-corrected chi connectivity index (χ2v) is 5.51. The quantitative estimate of drug-likeness (QED) is 0.561. The zero-order chi connectivity index (χ0) is 17.5. The molecule has 0 aliphatic heterocycles. The molecule has 2 rings (SSSR count). The summed E-state index contributed by atoms with van der Waals surface area (Å²) in [4.78, 5) is 23.5. The average molecular weight is 366 g/mol. The Hall–Kier alpha value is -2.57. The number of amides is 2. The number of carbonyl (C=O) groups is 2. The Morgan fingerprint density at radius 3 is 2.46 bits per heavy atom. The maximum Gasteiger partial charge on any atom is 0.259 e. The number of hydrogen-bond donors (Lipinski definition) is 3. The Morgan fingerprint density at radius 2 is 1.79 bits per heavy atom. The molecule has 0 unspecified atom stereocenters. The molecule has 3 N–H and O–H groups in total. The van der Waals surface area contributed by atoms with E-state index in [4.69, 9.17) is 28.3 Å². The number of benzene rings is 2. The Morgan fingerprint density at radius 1 is 1.08 bits per heavy atom. The van der Waals surface area contributed by atoms with E-state index in [1.807, 2.05) is 0 Å². The first-order valence-corrected chi connectivity index (χ1v) is 7.55. The topological polar surface area (TPSA) is 90.8 Å². The van der Waals surface area contributed by atoms with Crippen LogP contribution in [0.25, 0.3) is 0 Å². The number of aromatic hydroxyl groups is 1. The summed E-state index contributed by atoms with van der Waals surface area (Å²) in [5.41, 5.74) is 3.28. The molecule has 124 valence electrons. The van der Waals surface area contributed by atoms with Crippen molar-refractivity contribution in [2.45, 2.75) is 0 Å². The highest BCUT2D eigenvalue weighted by Crippen LogP contribution is 2.22. The summed E-state index contributed by atoms with van der Waals surface area (Å²) in [5, 5.41) is 15.9. The van der Waals surface area contributed by atoms with Crippen LogP contribution in [0.1, 0.15) is 15.9 Å². The summed E-state index contributed by atoms with van der Waals surface area (Å²) < 4.78 is 0. The van der Waals surface area contributed by atoms with Gasteiger partial charge >= 0.3 is 0 Å². The van der Waals surface area contributed by atoms with Gasteiger partial charge in [0.05, 0.1) is 22.8 Å². The number of phenolic OH excluding ortho intramolecular Hbond substituents is 1. The molecular weight excluding hydrogens is 353 g/mol. The highest BCUT2D eigenvalue weighted by Gasteiger charge is 2.09. The van der Waals surface area contributed by atoms with Crippen molar-refractivity contribution in [2.24, 2.45) is 5.10 Å². The summed E-state index contributed by atoms with van der Waals surface area (Å²) >= 11 is 11.6. The number of halogens is 2. The minimum absolute atomic E-state index is 0.140. The number of nitrogens with zero attached hydrogens (tertiary/aromatic N) is 1. The number of rotatable bonds is 5. The first kappa shape index (κ1) is 17.8. The average Bonchev–Trinajstić information content (AvgIpc) is 2.57.